The molecular formula is C12H17ClN2O2. The SMILES string of the molecule is CCN(CC)C(=O)COc1ccc(Cl)cc1N. The van der Waals surface area contributed by atoms with Gasteiger partial charge in [-0.15, -0.1) is 0 Å². The number of halogens is 1. The first-order chi connectivity index (χ1) is 8.08. The average molecular weight is 257 g/mol. The Bertz CT molecular complexity index is 392. The van der Waals surface area contributed by atoms with Crippen LogP contribution in [0.15, 0.2) is 18.2 Å². The Morgan fingerprint density at radius 1 is 1.41 bits per heavy atom. The van der Waals surface area contributed by atoms with Gasteiger partial charge in [0, 0.05) is 18.1 Å². The summed E-state index contributed by atoms with van der Waals surface area (Å²) in [7, 11) is 0. The van der Waals surface area contributed by atoms with Gasteiger partial charge >= 0.3 is 0 Å². The maximum absolute atomic E-state index is 11.7. The van der Waals surface area contributed by atoms with Crippen LogP contribution in [-0.4, -0.2) is 30.5 Å². The first kappa shape index (κ1) is 13.6. The number of anilines is 1. The molecule has 4 nitrogen and oxygen atoms in total. The third-order valence-corrected chi connectivity index (χ3v) is 2.67. The smallest absolute Gasteiger partial charge is 0.260 e. The zero-order valence-electron chi connectivity index (χ0n) is 10.1. The lowest BCUT2D eigenvalue weighted by Crippen LogP contribution is -2.34. The van der Waals surface area contributed by atoms with Gasteiger partial charge in [0.05, 0.1) is 5.69 Å². The second-order valence-electron chi connectivity index (χ2n) is 3.54. The van der Waals surface area contributed by atoms with E-state index in [4.69, 9.17) is 22.1 Å². The summed E-state index contributed by atoms with van der Waals surface area (Å²) in [5.41, 5.74) is 6.15. The van der Waals surface area contributed by atoms with Gasteiger partial charge in [0.25, 0.3) is 5.91 Å². The molecule has 1 aromatic carbocycles. The van der Waals surface area contributed by atoms with Gasteiger partial charge in [-0.2, -0.15) is 0 Å². The van der Waals surface area contributed by atoms with Crippen molar-refractivity contribution >= 4 is 23.2 Å². The lowest BCUT2D eigenvalue weighted by atomic mass is 10.3. The van der Waals surface area contributed by atoms with Crippen molar-refractivity contribution in [2.75, 3.05) is 25.4 Å². The van der Waals surface area contributed by atoms with E-state index in [9.17, 15) is 4.79 Å². The van der Waals surface area contributed by atoms with E-state index in [0.717, 1.165) is 0 Å². The summed E-state index contributed by atoms with van der Waals surface area (Å²) in [6.07, 6.45) is 0. The van der Waals surface area contributed by atoms with E-state index in [1.54, 1.807) is 23.1 Å². The molecule has 0 atom stereocenters. The van der Waals surface area contributed by atoms with Crippen molar-refractivity contribution in [1.29, 1.82) is 0 Å². The fourth-order valence-corrected chi connectivity index (χ4v) is 1.64. The summed E-state index contributed by atoms with van der Waals surface area (Å²) in [6, 6.07) is 4.93. The largest absolute Gasteiger partial charge is 0.482 e. The maximum Gasteiger partial charge on any atom is 0.260 e. The number of hydrogen-bond acceptors (Lipinski definition) is 3. The summed E-state index contributed by atoms with van der Waals surface area (Å²) in [5, 5.41) is 0.546. The zero-order chi connectivity index (χ0) is 12.8. The Balaban J connectivity index is 2.58. The summed E-state index contributed by atoms with van der Waals surface area (Å²) < 4.78 is 5.36. The van der Waals surface area contributed by atoms with Crippen LogP contribution in [-0.2, 0) is 4.79 Å². The molecule has 0 aliphatic heterocycles. The van der Waals surface area contributed by atoms with Crippen LogP contribution < -0.4 is 10.5 Å². The van der Waals surface area contributed by atoms with Gasteiger partial charge in [-0.3, -0.25) is 4.79 Å². The maximum atomic E-state index is 11.7. The Labute approximate surface area is 106 Å². The number of hydrogen-bond donors (Lipinski definition) is 1. The van der Waals surface area contributed by atoms with Crippen molar-refractivity contribution in [2.24, 2.45) is 0 Å². The number of rotatable bonds is 5. The summed E-state index contributed by atoms with van der Waals surface area (Å²) in [5.74, 6) is 0.430. The van der Waals surface area contributed by atoms with E-state index in [1.807, 2.05) is 13.8 Å². The van der Waals surface area contributed by atoms with Gasteiger partial charge in [0.15, 0.2) is 6.61 Å². The van der Waals surface area contributed by atoms with Crippen molar-refractivity contribution in [2.45, 2.75) is 13.8 Å². The van der Waals surface area contributed by atoms with Gasteiger partial charge < -0.3 is 15.4 Å². The Morgan fingerprint density at radius 2 is 2.06 bits per heavy atom. The highest BCUT2D eigenvalue weighted by molar-refractivity contribution is 6.30. The topological polar surface area (TPSA) is 55.6 Å². The van der Waals surface area contributed by atoms with Crippen LogP contribution >= 0.6 is 11.6 Å². The standard InChI is InChI=1S/C12H17ClN2O2/c1-3-15(4-2)12(16)8-17-11-6-5-9(13)7-10(11)14/h5-7H,3-4,8,14H2,1-2H3. The predicted octanol–water partition coefficient (Wildman–Crippen LogP) is 2.17. The fourth-order valence-electron chi connectivity index (χ4n) is 1.46. The van der Waals surface area contributed by atoms with Crippen molar-refractivity contribution < 1.29 is 9.53 Å². The van der Waals surface area contributed by atoms with Crippen LogP contribution in [0.3, 0.4) is 0 Å². The highest BCUT2D eigenvalue weighted by Gasteiger charge is 2.11. The number of nitrogens with zero attached hydrogens (tertiary/aromatic N) is 1. The fraction of sp³-hybridized carbons (Fsp3) is 0.417. The quantitative estimate of drug-likeness (QED) is 0.822. The minimum Gasteiger partial charge on any atom is -0.482 e. The second kappa shape index (κ2) is 6.35. The number of carbonyl (C=O) groups is 1. The molecule has 0 bridgehead atoms. The summed E-state index contributed by atoms with van der Waals surface area (Å²) in [6.45, 7) is 5.20. The van der Waals surface area contributed by atoms with Crippen LogP contribution in [0, 0.1) is 0 Å². The van der Waals surface area contributed by atoms with Crippen molar-refractivity contribution in [3.05, 3.63) is 23.2 Å². The lowest BCUT2D eigenvalue weighted by Gasteiger charge is -2.19. The highest BCUT2D eigenvalue weighted by atomic mass is 35.5. The minimum atomic E-state index is -0.0515. The number of amides is 1. The zero-order valence-corrected chi connectivity index (χ0v) is 10.8. The van der Waals surface area contributed by atoms with E-state index in [0.29, 0.717) is 29.5 Å². The van der Waals surface area contributed by atoms with Crippen molar-refractivity contribution in [1.82, 2.24) is 4.90 Å². The van der Waals surface area contributed by atoms with Gasteiger partial charge in [-0.1, -0.05) is 11.6 Å². The molecular weight excluding hydrogens is 240 g/mol. The van der Waals surface area contributed by atoms with E-state index >= 15 is 0 Å². The summed E-state index contributed by atoms with van der Waals surface area (Å²) >= 11 is 5.76. The van der Waals surface area contributed by atoms with Crippen LogP contribution in [0.1, 0.15) is 13.8 Å². The highest BCUT2D eigenvalue weighted by Crippen LogP contribution is 2.24. The van der Waals surface area contributed by atoms with Gasteiger partial charge in [0.1, 0.15) is 5.75 Å². The van der Waals surface area contributed by atoms with Crippen LogP contribution in [0.2, 0.25) is 5.02 Å². The number of ether oxygens (including phenoxy) is 1. The van der Waals surface area contributed by atoms with E-state index in [1.165, 1.54) is 0 Å². The molecule has 17 heavy (non-hydrogen) atoms. The van der Waals surface area contributed by atoms with Crippen LogP contribution in [0.5, 0.6) is 5.75 Å². The number of likely N-dealkylation sites (N-methyl/N-ethyl adjacent to an activating group) is 1. The molecule has 2 N–H and O–H groups in total. The number of benzene rings is 1. The van der Waals surface area contributed by atoms with Gasteiger partial charge in [-0.05, 0) is 32.0 Å². The predicted molar refractivity (Wildman–Crippen MR) is 69.3 cm³/mol. The monoisotopic (exact) mass is 256 g/mol. The molecule has 1 amide bonds. The minimum absolute atomic E-state index is 0.00644. The molecule has 94 valence electrons. The first-order valence-electron chi connectivity index (χ1n) is 5.54. The Hall–Kier alpha value is -1.42. The molecule has 0 aliphatic rings. The molecule has 0 fully saturated rings. The molecule has 0 radical (unpaired) electrons. The molecule has 0 saturated carbocycles. The lowest BCUT2D eigenvalue weighted by molar-refractivity contribution is -0.132. The Kier molecular flexibility index (Phi) is 5.10. The molecule has 1 aromatic rings. The van der Waals surface area contributed by atoms with Crippen molar-refractivity contribution in [3.8, 4) is 5.75 Å². The Morgan fingerprint density at radius 3 is 2.59 bits per heavy atom. The second-order valence-corrected chi connectivity index (χ2v) is 3.97. The number of carbonyl (C=O) groups excluding carboxylic acids is 1. The van der Waals surface area contributed by atoms with Gasteiger partial charge in [0.2, 0.25) is 0 Å². The normalized spacial score (nSPS) is 10.1. The third kappa shape index (κ3) is 3.82. The molecule has 0 aliphatic carbocycles. The first-order valence-corrected chi connectivity index (χ1v) is 5.91. The summed E-state index contributed by atoms with van der Waals surface area (Å²) in [4.78, 5) is 13.4. The molecule has 0 heterocycles. The molecule has 0 spiro atoms. The molecule has 0 saturated heterocycles. The average Bonchev–Trinajstić information content (AvgIpc) is 2.29. The number of nitrogens with two attached hydrogens (primary N) is 1. The van der Waals surface area contributed by atoms with E-state index in [2.05, 4.69) is 0 Å². The van der Waals surface area contributed by atoms with Gasteiger partial charge in [-0.25, -0.2) is 0 Å². The van der Waals surface area contributed by atoms with Crippen LogP contribution in [0.25, 0.3) is 0 Å². The molecule has 5 heteroatoms. The van der Waals surface area contributed by atoms with E-state index in [-0.39, 0.29) is 12.5 Å². The van der Waals surface area contributed by atoms with Crippen LogP contribution in [0.4, 0.5) is 5.69 Å². The molecule has 0 unspecified atom stereocenters. The van der Waals surface area contributed by atoms with Crippen molar-refractivity contribution in [3.63, 3.8) is 0 Å². The molecule has 0 aromatic heterocycles. The third-order valence-electron chi connectivity index (χ3n) is 2.44. The number of nitrogen functional groups attached to an aromatic ring is 1. The molecule has 1 rings (SSSR count). The van der Waals surface area contributed by atoms with E-state index < -0.39 is 0 Å².